The Kier molecular flexibility index (Phi) is 29.6. The van der Waals surface area contributed by atoms with Crippen LogP contribution in [0.25, 0.3) is 0 Å². The zero-order chi connectivity index (χ0) is 9.66. The van der Waals surface area contributed by atoms with E-state index in [2.05, 4.69) is 20.6 Å². The van der Waals surface area contributed by atoms with Crippen molar-refractivity contribution in [3.8, 4) is 0 Å². The molecule has 0 aliphatic rings. The first kappa shape index (κ1) is 17.1. The Balaban J connectivity index is -0.000000143. The number of nitrogens with zero attached hydrogens (tertiary/aromatic N) is 4. The highest BCUT2D eigenvalue weighted by molar-refractivity contribution is 6.15. The van der Waals surface area contributed by atoms with Crippen LogP contribution in [0.2, 0.25) is 0 Å². The van der Waals surface area contributed by atoms with Crippen LogP contribution in [0.5, 0.6) is 0 Å². The maximum atomic E-state index is 7.56. The Labute approximate surface area is 72.9 Å². The second-order valence-corrected chi connectivity index (χ2v) is 1.06. The lowest BCUT2D eigenvalue weighted by Gasteiger charge is -1.62. The van der Waals surface area contributed by atoms with E-state index in [1.807, 2.05) is 0 Å². The minimum Gasteiger partial charge on any atom is -0.412 e. The predicted molar refractivity (Wildman–Crippen MR) is 44.7 cm³/mol. The van der Waals surface area contributed by atoms with E-state index in [0.29, 0.717) is 0 Å². The molecular weight excluding hydrogens is 184 g/mol. The summed E-state index contributed by atoms with van der Waals surface area (Å²) in [5.41, 5.74) is 0. The van der Waals surface area contributed by atoms with Gasteiger partial charge in [-0.1, -0.05) is 20.6 Å². The summed E-state index contributed by atoms with van der Waals surface area (Å²) in [6, 6.07) is 0. The van der Waals surface area contributed by atoms with E-state index in [-0.39, 0.29) is 5.48 Å². The molecule has 0 amide bonds. The van der Waals surface area contributed by atoms with Crippen molar-refractivity contribution in [2.24, 2.45) is 20.6 Å². The molecule has 0 bridgehead atoms. The van der Waals surface area contributed by atoms with Crippen molar-refractivity contribution in [2.75, 3.05) is 0 Å². The van der Waals surface area contributed by atoms with E-state index < -0.39 is 0 Å². The first-order valence-corrected chi connectivity index (χ1v) is 2.50. The molecule has 9 heteroatoms. The maximum absolute atomic E-state index is 7.56. The van der Waals surface area contributed by atoms with E-state index in [1.165, 1.54) is 0 Å². The van der Waals surface area contributed by atoms with Crippen LogP contribution in [0.3, 0.4) is 0 Å². The lowest BCUT2D eigenvalue weighted by Crippen LogP contribution is -1.70. The molecule has 6 N–H and O–H groups in total. The minimum atomic E-state index is 0. The van der Waals surface area contributed by atoms with E-state index in [4.69, 9.17) is 20.8 Å². The number of hydrogen-bond donors (Lipinski definition) is 4. The highest BCUT2D eigenvalue weighted by atomic mass is 16.4. The summed E-state index contributed by atoms with van der Waals surface area (Å²) < 4.78 is 0. The van der Waals surface area contributed by atoms with Crippen molar-refractivity contribution in [3.63, 3.8) is 0 Å². The summed E-state index contributed by atoms with van der Waals surface area (Å²) in [4.78, 5) is 0. The molecule has 0 heterocycles. The second-order valence-electron chi connectivity index (χ2n) is 1.06. The highest BCUT2D eigenvalue weighted by Crippen LogP contribution is 1.46. The van der Waals surface area contributed by atoms with E-state index in [9.17, 15) is 0 Å². The van der Waals surface area contributed by atoms with Gasteiger partial charge in [0.2, 0.25) is 0 Å². The van der Waals surface area contributed by atoms with Gasteiger partial charge in [-0.25, -0.2) is 0 Å². The Morgan fingerprint density at radius 1 is 0.538 bits per heavy atom. The first-order valence-electron chi connectivity index (χ1n) is 2.50. The normalized spacial score (nSPS) is 10.5. The van der Waals surface area contributed by atoms with Crippen LogP contribution in [0, 0.1) is 0 Å². The van der Waals surface area contributed by atoms with Crippen molar-refractivity contribution in [1.82, 2.24) is 0 Å². The quantitative estimate of drug-likeness (QED) is 0.251. The van der Waals surface area contributed by atoms with Crippen molar-refractivity contribution in [3.05, 3.63) is 0 Å². The van der Waals surface area contributed by atoms with Gasteiger partial charge in [0, 0.05) is 0 Å². The molecule has 0 rings (SSSR count). The van der Waals surface area contributed by atoms with Crippen LogP contribution in [0.1, 0.15) is 0 Å². The van der Waals surface area contributed by atoms with Crippen LogP contribution in [-0.2, 0) is 0 Å². The van der Waals surface area contributed by atoms with Gasteiger partial charge in [0.25, 0.3) is 0 Å². The molecule has 0 radical (unpaired) electrons. The fourth-order valence-corrected chi connectivity index (χ4v) is 0.119. The van der Waals surface area contributed by atoms with Crippen molar-refractivity contribution < 1.29 is 26.3 Å². The molecule has 0 aromatic heterocycles. The van der Waals surface area contributed by atoms with Crippen LogP contribution >= 0.6 is 0 Å². The molecule has 0 atom stereocenters. The van der Waals surface area contributed by atoms with Gasteiger partial charge >= 0.3 is 0 Å². The van der Waals surface area contributed by atoms with Gasteiger partial charge in [-0.15, -0.1) is 0 Å². The number of rotatable bonds is 2. The molecule has 0 aliphatic carbocycles. The van der Waals surface area contributed by atoms with Crippen LogP contribution in [0.4, 0.5) is 0 Å². The Hall–Kier alpha value is -2.16. The van der Waals surface area contributed by atoms with Gasteiger partial charge in [-0.3, -0.25) is 0 Å². The lowest BCUT2D eigenvalue weighted by atomic mass is 10.8. The van der Waals surface area contributed by atoms with Gasteiger partial charge in [-0.2, -0.15) is 0 Å². The van der Waals surface area contributed by atoms with E-state index >= 15 is 0 Å². The van der Waals surface area contributed by atoms with Crippen molar-refractivity contribution in [1.29, 1.82) is 0 Å². The summed E-state index contributed by atoms with van der Waals surface area (Å²) >= 11 is 0. The third kappa shape index (κ3) is 41.0. The summed E-state index contributed by atoms with van der Waals surface area (Å²) in [5, 5.41) is 40.2. The van der Waals surface area contributed by atoms with E-state index in [1.54, 1.807) is 0 Å². The van der Waals surface area contributed by atoms with Crippen LogP contribution in [-0.4, -0.2) is 51.2 Å². The largest absolute Gasteiger partial charge is 0.412 e. The molecule has 0 saturated carbocycles. The van der Waals surface area contributed by atoms with Crippen LogP contribution in [0.15, 0.2) is 20.6 Å². The highest BCUT2D eigenvalue weighted by Gasteiger charge is 1.54. The first-order chi connectivity index (χ1) is 5.83. The average molecular weight is 194 g/mol. The molecule has 0 aromatic rings. The second kappa shape index (κ2) is 22.5. The third-order valence-electron chi connectivity index (χ3n) is 0.400. The molecule has 0 fully saturated rings. The monoisotopic (exact) mass is 194 g/mol. The summed E-state index contributed by atoms with van der Waals surface area (Å²) in [6.45, 7) is 0. The fraction of sp³-hybridized carbons (Fsp3) is 0. The Bertz CT molecular complexity index is 137. The minimum absolute atomic E-state index is 0. The number of hydrogen-bond acceptors (Lipinski definition) is 8. The molecule has 0 unspecified atom stereocenters. The standard InChI is InChI=1S/2C2H4N2O2.H2O/c2*5-3-1-2-4-6;/h2*1-2,5-6H;1H2/b2*3-1+,4-2+;. The van der Waals surface area contributed by atoms with Crippen molar-refractivity contribution in [2.45, 2.75) is 0 Å². The van der Waals surface area contributed by atoms with Gasteiger partial charge < -0.3 is 26.3 Å². The Morgan fingerprint density at radius 2 is 0.692 bits per heavy atom. The topological polar surface area (TPSA) is 162 Å². The molecule has 0 spiro atoms. The molecule has 13 heavy (non-hydrogen) atoms. The Morgan fingerprint density at radius 3 is 0.769 bits per heavy atom. The SMILES string of the molecule is O.O/N=C/C=N/O.O/N=C/C=N/O. The van der Waals surface area contributed by atoms with Crippen LogP contribution < -0.4 is 0 Å². The lowest BCUT2D eigenvalue weighted by molar-refractivity contribution is 0.317. The zero-order valence-electron chi connectivity index (χ0n) is 6.39. The zero-order valence-corrected chi connectivity index (χ0v) is 6.39. The average Bonchev–Trinajstić information content (AvgIpc) is 2.12. The maximum Gasteiger partial charge on any atom is 0.0877 e. The molecule has 9 nitrogen and oxygen atoms in total. The molecule has 0 aliphatic heterocycles. The van der Waals surface area contributed by atoms with Gasteiger partial charge in [-0.05, 0) is 0 Å². The predicted octanol–water partition coefficient (Wildman–Crippen LogP) is -1.01. The molecule has 0 aromatic carbocycles. The third-order valence-corrected chi connectivity index (χ3v) is 0.400. The summed E-state index contributed by atoms with van der Waals surface area (Å²) in [5.74, 6) is 0. The van der Waals surface area contributed by atoms with E-state index in [0.717, 1.165) is 24.9 Å². The fourth-order valence-electron chi connectivity index (χ4n) is 0.119. The molecular formula is C4H10N4O5. The smallest absolute Gasteiger partial charge is 0.0877 e. The van der Waals surface area contributed by atoms with Crippen molar-refractivity contribution >= 4 is 24.9 Å². The number of oxime groups is 4. The summed E-state index contributed by atoms with van der Waals surface area (Å²) in [6.07, 6.45) is 3.78. The van der Waals surface area contributed by atoms with Gasteiger partial charge in [0.05, 0.1) is 24.9 Å². The molecule has 76 valence electrons. The van der Waals surface area contributed by atoms with Gasteiger partial charge in [0.1, 0.15) is 0 Å². The molecule has 0 saturated heterocycles. The summed E-state index contributed by atoms with van der Waals surface area (Å²) in [7, 11) is 0. The van der Waals surface area contributed by atoms with Gasteiger partial charge in [0.15, 0.2) is 0 Å².